The van der Waals surface area contributed by atoms with Crippen LogP contribution in [-0.4, -0.2) is 14.3 Å². The lowest BCUT2D eigenvalue weighted by Gasteiger charge is -2.20. The first-order valence-electron chi connectivity index (χ1n) is 3.99. The fraction of sp³-hybridized carbons (Fsp3) is 0.857. The molecule has 0 bridgehead atoms. The third-order valence-corrected chi connectivity index (χ3v) is 2.33. The quantitative estimate of drug-likeness (QED) is 0.620. The van der Waals surface area contributed by atoms with E-state index in [-0.39, 0.29) is 5.88 Å². The summed E-state index contributed by atoms with van der Waals surface area (Å²) in [5.74, 6) is 0.116. The summed E-state index contributed by atoms with van der Waals surface area (Å²) in [6, 6.07) is 1.22. The van der Waals surface area contributed by atoms with Gasteiger partial charge in [0, 0.05) is 6.04 Å². The second-order valence-electron chi connectivity index (χ2n) is 2.83. The van der Waals surface area contributed by atoms with Crippen LogP contribution in [0.15, 0.2) is 0 Å². The highest BCUT2D eigenvalue weighted by Gasteiger charge is 2.12. The van der Waals surface area contributed by atoms with Crippen LogP contribution in [0.25, 0.3) is 0 Å². The van der Waals surface area contributed by atoms with E-state index in [0.717, 1.165) is 12.8 Å². The lowest BCUT2D eigenvalue weighted by Crippen LogP contribution is -2.24. The summed E-state index contributed by atoms with van der Waals surface area (Å²) in [6.45, 7) is 0. The Morgan fingerprint density at radius 1 is 1.18 bits per heavy atom. The molecule has 0 aliphatic heterocycles. The van der Waals surface area contributed by atoms with Crippen LogP contribution in [0, 0.1) is 6.04 Å². The molecule has 0 spiro atoms. The lowest BCUT2D eigenvalue weighted by molar-refractivity contribution is 0.486. The van der Waals surface area contributed by atoms with Gasteiger partial charge in [-0.05, 0) is 12.8 Å². The fourth-order valence-electron chi connectivity index (χ4n) is 1.33. The monoisotopic (exact) mass is 176 g/mol. The van der Waals surface area contributed by atoms with Crippen LogP contribution in [0.2, 0.25) is 0 Å². The van der Waals surface area contributed by atoms with Gasteiger partial charge in [-0.25, -0.2) is 8.42 Å². The fourth-order valence-corrected chi connectivity index (χ4v) is 1.68. The molecule has 3 nitrogen and oxygen atoms in total. The van der Waals surface area contributed by atoms with Crippen LogP contribution in [0.5, 0.6) is 0 Å². The van der Waals surface area contributed by atoms with E-state index in [1.807, 2.05) is 0 Å². The molecule has 0 amide bonds. The van der Waals surface area contributed by atoms with Crippen LogP contribution in [0.4, 0.5) is 0 Å². The second kappa shape index (κ2) is 4.72. The molecule has 1 radical (unpaired) electrons. The van der Waals surface area contributed by atoms with E-state index in [2.05, 4.69) is 5.32 Å². The van der Waals surface area contributed by atoms with Crippen molar-refractivity contribution >= 4 is 10.7 Å². The molecular formula is C7H14NO2S. The van der Waals surface area contributed by atoms with Crippen molar-refractivity contribution in [1.29, 1.82) is 0 Å². The summed E-state index contributed by atoms with van der Waals surface area (Å²) >= 11 is 0. The zero-order valence-corrected chi connectivity index (χ0v) is 7.40. The Hall–Kier alpha value is -0.0900. The van der Waals surface area contributed by atoms with Crippen molar-refractivity contribution in [3.8, 4) is 0 Å². The molecule has 0 unspecified atom stereocenters. The Bertz CT molecular complexity index is 165. The highest BCUT2D eigenvalue weighted by Crippen LogP contribution is 2.22. The molecule has 0 aromatic heterocycles. The molecule has 65 valence electrons. The van der Waals surface area contributed by atoms with E-state index in [9.17, 15) is 8.42 Å². The number of hydrogen-bond donors (Lipinski definition) is 2. The molecule has 0 saturated heterocycles. The zero-order valence-electron chi connectivity index (χ0n) is 6.51. The molecule has 11 heavy (non-hydrogen) atoms. The zero-order chi connectivity index (χ0) is 8.10. The third kappa shape index (κ3) is 3.72. The number of hydrogen-bond acceptors (Lipinski definition) is 3. The third-order valence-electron chi connectivity index (χ3n) is 1.92. The van der Waals surface area contributed by atoms with E-state index < -0.39 is 10.7 Å². The first-order chi connectivity index (χ1) is 5.29. The van der Waals surface area contributed by atoms with Gasteiger partial charge in [0.1, 0.15) is 0 Å². The number of nitrogens with one attached hydrogen (secondary N) is 1. The Labute approximate surface area is 69.1 Å². The highest BCUT2D eigenvalue weighted by atomic mass is 32.2. The minimum atomic E-state index is -2.26. The predicted molar refractivity (Wildman–Crippen MR) is 44.6 cm³/mol. The summed E-state index contributed by atoms with van der Waals surface area (Å²) in [7, 11) is -2.26. The average Bonchev–Trinajstić information content (AvgIpc) is 2.03. The number of rotatable bonds is 3. The van der Waals surface area contributed by atoms with E-state index >= 15 is 0 Å². The van der Waals surface area contributed by atoms with Gasteiger partial charge in [-0.15, -0.1) is 0 Å². The second-order valence-corrected chi connectivity index (χ2v) is 3.81. The molecule has 1 saturated carbocycles. The van der Waals surface area contributed by atoms with Gasteiger partial charge in [-0.2, -0.15) is 0 Å². The van der Waals surface area contributed by atoms with E-state index in [0.29, 0.717) is 0 Å². The molecule has 1 N–H and O–H groups in total. The first-order valence-corrected chi connectivity index (χ1v) is 5.35. The maximum absolute atomic E-state index is 10.2. The Balaban J connectivity index is 2.14. The molecule has 1 aliphatic carbocycles. The van der Waals surface area contributed by atoms with Crippen LogP contribution >= 0.6 is 0 Å². The van der Waals surface area contributed by atoms with Gasteiger partial charge in [0.15, 0.2) is 10.7 Å². The maximum atomic E-state index is 10.2. The predicted octanol–water partition coefficient (Wildman–Crippen LogP) is 0.641. The molecular weight excluding hydrogens is 162 g/mol. The largest absolute Gasteiger partial charge is 0.296 e. The summed E-state index contributed by atoms with van der Waals surface area (Å²) in [5, 5.41) is 2.94. The van der Waals surface area contributed by atoms with Crippen LogP contribution in [0.3, 0.4) is 0 Å². The van der Waals surface area contributed by atoms with E-state index in [1.165, 1.54) is 25.3 Å². The molecule has 4 heteroatoms. The van der Waals surface area contributed by atoms with E-state index in [4.69, 9.17) is 0 Å². The smallest absolute Gasteiger partial charge is 0.153 e. The SMILES string of the molecule is O=[SH](=O)CN[C]1CCCCC1. The Morgan fingerprint density at radius 2 is 1.82 bits per heavy atom. The van der Waals surface area contributed by atoms with Crippen molar-refractivity contribution in [3.63, 3.8) is 0 Å². The molecule has 0 aromatic carbocycles. The van der Waals surface area contributed by atoms with Crippen molar-refractivity contribution in [1.82, 2.24) is 5.32 Å². The summed E-state index contributed by atoms with van der Waals surface area (Å²) in [6.07, 6.45) is 5.82. The summed E-state index contributed by atoms with van der Waals surface area (Å²) < 4.78 is 20.4. The van der Waals surface area contributed by atoms with Gasteiger partial charge >= 0.3 is 0 Å². The van der Waals surface area contributed by atoms with Gasteiger partial charge in [-0.3, -0.25) is 5.32 Å². The van der Waals surface area contributed by atoms with Crippen LogP contribution in [-0.2, 0) is 10.7 Å². The lowest BCUT2D eigenvalue weighted by atomic mass is 9.96. The summed E-state index contributed by atoms with van der Waals surface area (Å²) in [4.78, 5) is 0. The normalized spacial score (nSPS) is 20.8. The standard InChI is InChI=1S/C7H14NO2S/c9-11(10)6-8-7-4-2-1-3-5-7/h8,11H,1-6H2. The molecule has 0 aromatic rings. The van der Waals surface area contributed by atoms with Crippen molar-refractivity contribution in [2.24, 2.45) is 0 Å². The first kappa shape index (κ1) is 9.00. The van der Waals surface area contributed by atoms with Gasteiger partial charge in [0.05, 0.1) is 5.88 Å². The highest BCUT2D eigenvalue weighted by molar-refractivity contribution is 7.72. The average molecular weight is 176 g/mol. The Morgan fingerprint density at radius 3 is 2.36 bits per heavy atom. The van der Waals surface area contributed by atoms with Crippen molar-refractivity contribution in [2.45, 2.75) is 32.1 Å². The minimum absolute atomic E-state index is 0.116. The van der Waals surface area contributed by atoms with Gasteiger partial charge < -0.3 is 0 Å². The van der Waals surface area contributed by atoms with Crippen molar-refractivity contribution in [3.05, 3.63) is 6.04 Å². The van der Waals surface area contributed by atoms with Gasteiger partial charge in [-0.1, -0.05) is 19.3 Å². The van der Waals surface area contributed by atoms with Gasteiger partial charge in [0.2, 0.25) is 0 Å². The molecule has 0 atom stereocenters. The van der Waals surface area contributed by atoms with Gasteiger partial charge in [0.25, 0.3) is 0 Å². The minimum Gasteiger partial charge on any atom is -0.296 e. The van der Waals surface area contributed by atoms with Crippen molar-refractivity contribution in [2.75, 3.05) is 5.88 Å². The number of thiol groups is 1. The van der Waals surface area contributed by atoms with E-state index in [1.54, 1.807) is 0 Å². The molecule has 1 rings (SSSR count). The topological polar surface area (TPSA) is 46.2 Å². The van der Waals surface area contributed by atoms with Crippen LogP contribution in [0.1, 0.15) is 32.1 Å². The van der Waals surface area contributed by atoms with Crippen molar-refractivity contribution < 1.29 is 8.42 Å². The molecule has 1 aliphatic rings. The summed E-state index contributed by atoms with van der Waals surface area (Å²) in [5.41, 5.74) is 0. The van der Waals surface area contributed by atoms with Crippen LogP contribution < -0.4 is 5.32 Å². The maximum Gasteiger partial charge on any atom is 0.153 e. The Kier molecular flexibility index (Phi) is 3.86. The molecule has 1 fully saturated rings. The molecule has 0 heterocycles.